The number of aromatic nitrogens is 1. The van der Waals surface area contributed by atoms with Gasteiger partial charge in [-0.25, -0.2) is 4.98 Å². The Morgan fingerprint density at radius 1 is 1.03 bits per heavy atom. The van der Waals surface area contributed by atoms with Crippen LogP contribution in [-0.4, -0.2) is 42.7 Å². The second kappa shape index (κ2) is 8.60. The molecular weight excluding hydrogens is 394 g/mol. The fourth-order valence-corrected chi connectivity index (χ4v) is 5.68. The van der Waals surface area contributed by atoms with Gasteiger partial charge in [-0.3, -0.25) is 0 Å². The molecule has 2 aromatic carbocycles. The number of rotatable bonds is 5. The first-order valence-corrected chi connectivity index (χ1v) is 11.7. The summed E-state index contributed by atoms with van der Waals surface area (Å²) in [5, 5.41) is 6.72. The first-order valence-electron chi connectivity index (χ1n) is 11.3. The largest absolute Gasteiger partial charge is 0.497 e. The van der Waals surface area contributed by atoms with Crippen LogP contribution >= 0.6 is 11.6 Å². The van der Waals surface area contributed by atoms with Crippen molar-refractivity contribution in [1.82, 2.24) is 9.88 Å². The number of piperidine rings is 2. The van der Waals surface area contributed by atoms with Crippen molar-refractivity contribution in [2.24, 2.45) is 5.92 Å². The molecule has 2 saturated heterocycles. The van der Waals surface area contributed by atoms with Crippen LogP contribution in [-0.2, 0) is 0 Å². The molecule has 3 heterocycles. The second-order valence-electron chi connectivity index (χ2n) is 8.75. The van der Waals surface area contributed by atoms with Crippen molar-refractivity contribution in [3.05, 3.63) is 41.4 Å². The van der Waals surface area contributed by atoms with Crippen LogP contribution in [0.4, 0.5) is 5.69 Å². The fourth-order valence-electron chi connectivity index (χ4n) is 5.51. The predicted octanol–water partition coefficient (Wildman–Crippen LogP) is 6.12. The summed E-state index contributed by atoms with van der Waals surface area (Å²) in [5.74, 6) is 1.65. The molecule has 0 radical (unpaired) electrons. The molecule has 1 aromatic heterocycles. The average molecular weight is 424 g/mol. The van der Waals surface area contributed by atoms with Crippen molar-refractivity contribution in [3.8, 4) is 5.75 Å². The smallest absolute Gasteiger partial charge is 0.119 e. The van der Waals surface area contributed by atoms with E-state index in [-0.39, 0.29) is 0 Å². The Labute approximate surface area is 183 Å². The number of hydrogen-bond donors (Lipinski definition) is 1. The lowest BCUT2D eigenvalue weighted by Gasteiger charge is -2.44. The quantitative estimate of drug-likeness (QED) is 0.502. The summed E-state index contributed by atoms with van der Waals surface area (Å²) in [6.45, 7) is 3.58. The summed E-state index contributed by atoms with van der Waals surface area (Å²) in [4.78, 5) is 7.59. The third kappa shape index (κ3) is 3.83. The van der Waals surface area contributed by atoms with E-state index in [4.69, 9.17) is 21.3 Å². The third-order valence-electron chi connectivity index (χ3n) is 6.99. The Morgan fingerprint density at radius 3 is 2.83 bits per heavy atom. The molecule has 0 bridgehead atoms. The van der Waals surface area contributed by atoms with Crippen LogP contribution in [0.15, 0.2) is 36.4 Å². The highest BCUT2D eigenvalue weighted by Gasteiger charge is 2.32. The zero-order chi connectivity index (χ0) is 20.5. The minimum atomic E-state index is 0.716. The van der Waals surface area contributed by atoms with Crippen molar-refractivity contribution in [1.29, 1.82) is 0 Å². The van der Waals surface area contributed by atoms with E-state index in [2.05, 4.69) is 22.3 Å². The molecule has 0 spiro atoms. The maximum Gasteiger partial charge on any atom is 0.119 e. The van der Waals surface area contributed by atoms with Crippen molar-refractivity contribution in [3.63, 3.8) is 0 Å². The topological polar surface area (TPSA) is 37.4 Å². The van der Waals surface area contributed by atoms with Gasteiger partial charge in [0.1, 0.15) is 5.75 Å². The van der Waals surface area contributed by atoms with Gasteiger partial charge in [-0.05, 0) is 87.5 Å². The van der Waals surface area contributed by atoms with Crippen LogP contribution in [0.2, 0.25) is 5.02 Å². The molecule has 5 heteroatoms. The van der Waals surface area contributed by atoms with E-state index in [9.17, 15) is 0 Å². The van der Waals surface area contributed by atoms with Gasteiger partial charge < -0.3 is 15.0 Å². The van der Waals surface area contributed by atoms with E-state index >= 15 is 0 Å². The molecular formula is C25H30ClN3O. The van der Waals surface area contributed by atoms with Gasteiger partial charge in [-0.2, -0.15) is 0 Å². The summed E-state index contributed by atoms with van der Waals surface area (Å²) in [6.07, 6.45) is 8.07. The predicted molar refractivity (Wildman–Crippen MR) is 126 cm³/mol. The van der Waals surface area contributed by atoms with Crippen LogP contribution in [0.5, 0.6) is 5.75 Å². The summed E-state index contributed by atoms with van der Waals surface area (Å²) >= 11 is 6.26. The summed E-state index contributed by atoms with van der Waals surface area (Å²) < 4.78 is 5.49. The number of hydrogen-bond acceptors (Lipinski definition) is 4. The van der Waals surface area contributed by atoms with Crippen LogP contribution in [0.1, 0.15) is 38.5 Å². The van der Waals surface area contributed by atoms with Gasteiger partial charge in [0.25, 0.3) is 0 Å². The van der Waals surface area contributed by atoms with Crippen LogP contribution in [0.3, 0.4) is 0 Å². The van der Waals surface area contributed by atoms with E-state index in [1.54, 1.807) is 7.11 Å². The Kier molecular flexibility index (Phi) is 5.70. The van der Waals surface area contributed by atoms with Crippen LogP contribution < -0.4 is 10.1 Å². The van der Waals surface area contributed by atoms with Gasteiger partial charge in [-0.1, -0.05) is 18.0 Å². The van der Waals surface area contributed by atoms with Crippen LogP contribution in [0, 0.1) is 5.92 Å². The number of pyridine rings is 1. The summed E-state index contributed by atoms with van der Waals surface area (Å²) in [5.41, 5.74) is 3.03. The van der Waals surface area contributed by atoms with E-state index in [1.165, 1.54) is 51.6 Å². The van der Waals surface area contributed by atoms with E-state index < -0.39 is 0 Å². The first kappa shape index (κ1) is 19.9. The number of nitrogens with one attached hydrogen (secondary N) is 1. The highest BCUT2D eigenvalue weighted by molar-refractivity contribution is 6.31. The molecule has 2 aliphatic rings. The molecule has 3 aromatic rings. The number of nitrogens with zero attached hydrogens (tertiary/aromatic N) is 2. The Balaban J connectivity index is 1.43. The average Bonchev–Trinajstić information content (AvgIpc) is 2.78. The number of ether oxygens (including phenoxy) is 1. The molecule has 2 fully saturated rings. The standard InChI is InChI=1S/C25H30ClN3O/c1-30-19-8-10-22-21(16-19)25(20-9-7-18(26)15-23(20)28-22)27-12-11-17-5-4-14-29-13-3-2-6-24(17)29/h7-10,15-17,24H,2-6,11-14H2,1H3,(H,27,28)/t17-,24+/m0/s1. The highest BCUT2D eigenvalue weighted by atomic mass is 35.5. The van der Waals surface area contributed by atoms with Crippen molar-refractivity contribution >= 4 is 39.1 Å². The third-order valence-corrected chi connectivity index (χ3v) is 7.22. The molecule has 2 aliphatic heterocycles. The normalized spacial score (nSPS) is 22.2. The molecule has 0 amide bonds. The zero-order valence-electron chi connectivity index (χ0n) is 17.7. The minimum absolute atomic E-state index is 0.716. The fraction of sp³-hybridized carbons (Fsp3) is 0.480. The molecule has 0 aliphatic carbocycles. The monoisotopic (exact) mass is 423 g/mol. The number of anilines is 1. The molecule has 158 valence electrons. The van der Waals surface area contributed by atoms with E-state index in [1.807, 2.05) is 24.3 Å². The van der Waals surface area contributed by atoms with Gasteiger partial charge in [0, 0.05) is 28.4 Å². The SMILES string of the molecule is COc1ccc2nc3cc(Cl)ccc3c(NCC[C@@H]3CCCN4CCCC[C@H]34)c2c1. The molecule has 30 heavy (non-hydrogen) atoms. The molecule has 0 unspecified atom stereocenters. The van der Waals surface area contributed by atoms with E-state index in [0.717, 1.165) is 51.7 Å². The zero-order valence-corrected chi connectivity index (χ0v) is 18.4. The highest BCUT2D eigenvalue weighted by Crippen LogP contribution is 2.36. The second-order valence-corrected chi connectivity index (χ2v) is 9.18. The molecule has 0 saturated carbocycles. The van der Waals surface area contributed by atoms with Gasteiger partial charge >= 0.3 is 0 Å². The van der Waals surface area contributed by atoms with Gasteiger partial charge in [0.05, 0.1) is 23.8 Å². The maximum atomic E-state index is 6.26. The number of halogens is 1. The van der Waals surface area contributed by atoms with Gasteiger partial charge in [-0.15, -0.1) is 0 Å². The Hall–Kier alpha value is -2.04. The van der Waals surface area contributed by atoms with E-state index in [0.29, 0.717) is 5.02 Å². The lowest BCUT2D eigenvalue weighted by Crippen LogP contribution is -2.48. The Morgan fingerprint density at radius 2 is 1.93 bits per heavy atom. The minimum Gasteiger partial charge on any atom is -0.497 e. The first-order chi connectivity index (χ1) is 14.7. The lowest BCUT2D eigenvalue weighted by atomic mass is 9.81. The molecule has 2 atom stereocenters. The molecule has 4 nitrogen and oxygen atoms in total. The summed E-state index contributed by atoms with van der Waals surface area (Å²) in [7, 11) is 1.71. The Bertz CT molecular complexity index is 1050. The number of benzene rings is 2. The van der Waals surface area contributed by atoms with Gasteiger partial charge in [0.15, 0.2) is 0 Å². The van der Waals surface area contributed by atoms with Crippen molar-refractivity contribution in [2.45, 2.75) is 44.6 Å². The lowest BCUT2D eigenvalue weighted by molar-refractivity contribution is 0.0573. The number of methoxy groups -OCH3 is 1. The summed E-state index contributed by atoms with van der Waals surface area (Å²) in [6, 6.07) is 12.9. The van der Waals surface area contributed by atoms with Crippen molar-refractivity contribution < 1.29 is 4.74 Å². The van der Waals surface area contributed by atoms with Crippen LogP contribution in [0.25, 0.3) is 21.8 Å². The maximum absolute atomic E-state index is 6.26. The van der Waals surface area contributed by atoms with Crippen molar-refractivity contribution in [2.75, 3.05) is 32.1 Å². The van der Waals surface area contributed by atoms with Gasteiger partial charge in [0.2, 0.25) is 0 Å². The molecule has 5 rings (SSSR count). The molecule has 1 N–H and O–H groups in total. The number of fused-ring (bicyclic) bond motifs is 3.